The summed E-state index contributed by atoms with van der Waals surface area (Å²) >= 11 is 0. The van der Waals surface area contributed by atoms with E-state index >= 15 is 0 Å². The van der Waals surface area contributed by atoms with Crippen LogP contribution in [0.15, 0.2) is 51.7 Å². The molecule has 0 fully saturated rings. The fraction of sp³-hybridized carbons (Fsp3) is 0.273. The third-order valence-electron chi connectivity index (χ3n) is 5.10. The third kappa shape index (κ3) is 3.30. The molecule has 2 aromatic carbocycles. The second-order valence-corrected chi connectivity index (χ2v) is 6.84. The van der Waals surface area contributed by atoms with E-state index in [-0.39, 0.29) is 54.6 Å². The van der Waals surface area contributed by atoms with Crippen LogP contribution in [0.5, 0.6) is 11.5 Å². The number of carbonyl (C=O) groups is 1. The van der Waals surface area contributed by atoms with Crippen molar-refractivity contribution in [3.8, 4) is 11.5 Å². The van der Waals surface area contributed by atoms with Gasteiger partial charge in [-0.3, -0.25) is 9.59 Å². The predicted octanol–water partition coefficient (Wildman–Crippen LogP) is 2.06. The number of aliphatic hydroxyl groups excluding tert-OH is 1. The minimum absolute atomic E-state index is 0.00194. The summed E-state index contributed by atoms with van der Waals surface area (Å²) in [5, 5.41) is 19.3. The quantitative estimate of drug-likeness (QED) is 0.573. The van der Waals surface area contributed by atoms with Crippen molar-refractivity contribution in [1.82, 2.24) is 4.90 Å². The summed E-state index contributed by atoms with van der Waals surface area (Å²) < 4.78 is 16.4. The third-order valence-corrected chi connectivity index (χ3v) is 5.10. The first-order valence-corrected chi connectivity index (χ1v) is 9.49. The van der Waals surface area contributed by atoms with Crippen LogP contribution in [0.1, 0.15) is 27.7 Å². The first kappa shape index (κ1) is 19.9. The van der Waals surface area contributed by atoms with E-state index in [0.717, 1.165) is 0 Å². The van der Waals surface area contributed by atoms with Crippen LogP contribution >= 0.6 is 0 Å². The van der Waals surface area contributed by atoms with Gasteiger partial charge in [-0.05, 0) is 29.8 Å². The molecule has 1 aliphatic rings. The molecule has 1 aliphatic heterocycles. The molecule has 1 unspecified atom stereocenters. The number of hydrogen-bond donors (Lipinski definition) is 2. The summed E-state index contributed by atoms with van der Waals surface area (Å²) in [6.07, 6.45) is 0. The number of phenolic OH excluding ortho intramolecular Hbond substituents is 1. The smallest absolute Gasteiger partial charge is 0.290 e. The number of aliphatic hydroxyl groups is 1. The number of benzene rings is 2. The largest absolute Gasteiger partial charge is 0.504 e. The summed E-state index contributed by atoms with van der Waals surface area (Å²) in [5.41, 5.74) is 0.904. The van der Waals surface area contributed by atoms with Gasteiger partial charge in [-0.15, -0.1) is 0 Å². The van der Waals surface area contributed by atoms with E-state index in [1.165, 1.54) is 18.1 Å². The number of rotatable bonds is 7. The van der Waals surface area contributed by atoms with Crippen molar-refractivity contribution < 1.29 is 28.9 Å². The van der Waals surface area contributed by atoms with E-state index in [1.807, 2.05) is 0 Å². The van der Waals surface area contributed by atoms with Gasteiger partial charge in [0, 0.05) is 6.54 Å². The molecule has 1 aromatic heterocycles. The van der Waals surface area contributed by atoms with Gasteiger partial charge in [-0.25, -0.2) is 0 Å². The van der Waals surface area contributed by atoms with Crippen molar-refractivity contribution in [2.24, 2.45) is 0 Å². The molecule has 1 amide bonds. The molecule has 4 rings (SSSR count). The maximum Gasteiger partial charge on any atom is 0.290 e. The fourth-order valence-corrected chi connectivity index (χ4v) is 3.74. The average Bonchev–Trinajstić information content (AvgIpc) is 3.04. The Morgan fingerprint density at radius 2 is 1.93 bits per heavy atom. The second-order valence-electron chi connectivity index (χ2n) is 6.84. The van der Waals surface area contributed by atoms with Gasteiger partial charge in [0.05, 0.1) is 43.9 Å². The summed E-state index contributed by atoms with van der Waals surface area (Å²) in [5.74, 6) is -0.236. The van der Waals surface area contributed by atoms with Gasteiger partial charge in [0.15, 0.2) is 16.9 Å². The Kier molecular flexibility index (Phi) is 5.43. The highest BCUT2D eigenvalue weighted by Crippen LogP contribution is 2.40. The molecule has 8 heteroatoms. The lowest BCUT2D eigenvalue weighted by Gasteiger charge is -2.25. The van der Waals surface area contributed by atoms with Crippen molar-refractivity contribution in [2.45, 2.75) is 6.04 Å². The average molecular weight is 411 g/mol. The molecule has 0 aliphatic carbocycles. The lowest BCUT2D eigenvalue weighted by molar-refractivity contribution is 0.0534. The highest BCUT2D eigenvalue weighted by atomic mass is 16.5. The highest BCUT2D eigenvalue weighted by molar-refractivity contribution is 5.99. The van der Waals surface area contributed by atoms with Crippen LogP contribution in [0.25, 0.3) is 11.0 Å². The summed E-state index contributed by atoms with van der Waals surface area (Å²) in [7, 11) is 1.43. The molecule has 0 spiro atoms. The van der Waals surface area contributed by atoms with E-state index in [4.69, 9.17) is 19.0 Å². The molecule has 2 heterocycles. The number of aromatic hydroxyl groups is 1. The topological polar surface area (TPSA) is 109 Å². The molecule has 0 radical (unpaired) electrons. The van der Waals surface area contributed by atoms with E-state index in [2.05, 4.69) is 0 Å². The lowest BCUT2D eigenvalue weighted by atomic mass is 9.98. The van der Waals surface area contributed by atoms with Gasteiger partial charge < -0.3 is 29.0 Å². The van der Waals surface area contributed by atoms with Crippen LogP contribution in [0.2, 0.25) is 0 Å². The molecule has 30 heavy (non-hydrogen) atoms. The summed E-state index contributed by atoms with van der Waals surface area (Å²) in [4.78, 5) is 28.0. The predicted molar refractivity (Wildman–Crippen MR) is 108 cm³/mol. The molecule has 156 valence electrons. The molecule has 0 saturated carbocycles. The molecule has 3 aromatic rings. The first-order chi connectivity index (χ1) is 14.6. The lowest BCUT2D eigenvalue weighted by Crippen LogP contribution is -2.33. The number of carbonyl (C=O) groups excluding carboxylic acids is 1. The normalized spacial score (nSPS) is 15.6. The van der Waals surface area contributed by atoms with Gasteiger partial charge >= 0.3 is 0 Å². The van der Waals surface area contributed by atoms with Crippen LogP contribution in [-0.4, -0.2) is 54.5 Å². The van der Waals surface area contributed by atoms with Gasteiger partial charge in [-0.2, -0.15) is 0 Å². The van der Waals surface area contributed by atoms with E-state index < -0.39 is 11.9 Å². The van der Waals surface area contributed by atoms with Crippen molar-refractivity contribution in [2.75, 3.05) is 33.5 Å². The Balaban J connectivity index is 1.86. The Bertz CT molecular complexity index is 1150. The zero-order chi connectivity index (χ0) is 21.3. The number of amides is 1. The van der Waals surface area contributed by atoms with E-state index in [9.17, 15) is 14.7 Å². The van der Waals surface area contributed by atoms with Gasteiger partial charge in [0.1, 0.15) is 5.58 Å². The van der Waals surface area contributed by atoms with Crippen LogP contribution in [0, 0.1) is 0 Å². The number of hydrogen-bond acceptors (Lipinski definition) is 7. The van der Waals surface area contributed by atoms with E-state index in [1.54, 1.807) is 36.4 Å². The minimum Gasteiger partial charge on any atom is -0.504 e. The molecule has 1 atom stereocenters. The monoisotopic (exact) mass is 411 g/mol. The number of fused-ring (bicyclic) bond motifs is 2. The zero-order valence-electron chi connectivity index (χ0n) is 16.3. The van der Waals surface area contributed by atoms with E-state index in [0.29, 0.717) is 16.5 Å². The Hall–Kier alpha value is -3.36. The molecule has 8 nitrogen and oxygen atoms in total. The van der Waals surface area contributed by atoms with Gasteiger partial charge in [0.2, 0.25) is 5.76 Å². The SMILES string of the molecule is COc1cc(C2c3c(oc4ccccc4c3=O)C(=O)N2CCOCCO)ccc1O. The van der Waals surface area contributed by atoms with Crippen molar-refractivity contribution in [3.05, 3.63) is 69.6 Å². The molecular formula is C22H21NO7. The van der Waals surface area contributed by atoms with Crippen molar-refractivity contribution >= 4 is 16.9 Å². The Morgan fingerprint density at radius 1 is 1.13 bits per heavy atom. The standard InChI is InChI=1S/C22H21NO7/c1-28-17-12-13(6-7-15(17)25)19-18-20(26)14-4-2-3-5-16(14)30-21(18)22(27)23(19)8-10-29-11-9-24/h2-7,12,19,24-25H,8-11H2,1H3. The Labute approximate surface area is 171 Å². The zero-order valence-corrected chi connectivity index (χ0v) is 16.3. The van der Waals surface area contributed by atoms with Crippen LogP contribution in [-0.2, 0) is 4.74 Å². The first-order valence-electron chi connectivity index (χ1n) is 9.49. The number of phenols is 1. The molecule has 0 bridgehead atoms. The van der Waals surface area contributed by atoms with Crippen molar-refractivity contribution in [3.63, 3.8) is 0 Å². The molecule has 2 N–H and O–H groups in total. The molecule has 0 saturated heterocycles. The van der Waals surface area contributed by atoms with Crippen LogP contribution in [0.4, 0.5) is 0 Å². The maximum absolute atomic E-state index is 13.3. The van der Waals surface area contributed by atoms with Gasteiger partial charge in [-0.1, -0.05) is 18.2 Å². The Morgan fingerprint density at radius 3 is 2.70 bits per heavy atom. The number of ether oxygens (including phenoxy) is 2. The number of para-hydroxylation sites is 1. The van der Waals surface area contributed by atoms with Crippen molar-refractivity contribution in [1.29, 1.82) is 0 Å². The fourth-order valence-electron chi connectivity index (χ4n) is 3.74. The number of methoxy groups -OCH3 is 1. The second kappa shape index (κ2) is 8.17. The molecular weight excluding hydrogens is 390 g/mol. The summed E-state index contributed by atoms with van der Waals surface area (Å²) in [6, 6.07) is 10.8. The van der Waals surface area contributed by atoms with Crippen LogP contribution < -0.4 is 10.2 Å². The minimum atomic E-state index is -0.722. The highest BCUT2D eigenvalue weighted by Gasteiger charge is 2.42. The number of nitrogens with zero attached hydrogens (tertiary/aromatic N) is 1. The van der Waals surface area contributed by atoms with Gasteiger partial charge in [0.25, 0.3) is 5.91 Å². The summed E-state index contributed by atoms with van der Waals surface area (Å²) in [6.45, 7) is 0.387. The maximum atomic E-state index is 13.3. The van der Waals surface area contributed by atoms with Crippen LogP contribution in [0.3, 0.4) is 0 Å².